The Morgan fingerprint density at radius 2 is 2.05 bits per heavy atom. The van der Waals surface area contributed by atoms with Crippen LogP contribution < -0.4 is 5.73 Å². The number of halogens is 4. The van der Waals surface area contributed by atoms with E-state index in [1.807, 2.05) is 0 Å². The number of carbonyl (C=O) groups excluding carboxylic acids is 1. The number of amides is 1. The number of nitrogens with two attached hydrogens (primary N) is 1. The van der Waals surface area contributed by atoms with Crippen LogP contribution in [0.3, 0.4) is 0 Å². The molecule has 21 heavy (non-hydrogen) atoms. The van der Waals surface area contributed by atoms with Crippen molar-refractivity contribution in [2.24, 2.45) is 10.9 Å². The summed E-state index contributed by atoms with van der Waals surface area (Å²) in [6, 6.07) is 2.01. The average Bonchev–Trinajstić information content (AvgIpc) is 2.42. The molecule has 0 aliphatic carbocycles. The van der Waals surface area contributed by atoms with Gasteiger partial charge >= 0.3 is 6.18 Å². The number of oxime groups is 1. The minimum absolute atomic E-state index is 0.0352. The first-order valence-electron chi connectivity index (χ1n) is 5.75. The van der Waals surface area contributed by atoms with Crippen molar-refractivity contribution in [3.8, 4) is 0 Å². The van der Waals surface area contributed by atoms with Gasteiger partial charge in [-0.3, -0.25) is 4.79 Å². The van der Waals surface area contributed by atoms with E-state index in [1.165, 1.54) is 7.05 Å². The molecule has 0 heterocycles. The smallest absolute Gasteiger partial charge is 0.409 e. The third-order valence-corrected chi connectivity index (χ3v) is 2.70. The third-order valence-electron chi connectivity index (χ3n) is 2.70. The van der Waals surface area contributed by atoms with Crippen LogP contribution in [-0.2, 0) is 6.18 Å². The lowest BCUT2D eigenvalue weighted by atomic mass is 10.1. The summed E-state index contributed by atoms with van der Waals surface area (Å²) < 4.78 is 50.8. The fraction of sp³-hybridized carbons (Fsp3) is 0.333. The Balaban J connectivity index is 2.93. The second-order valence-corrected chi connectivity index (χ2v) is 4.26. The van der Waals surface area contributed by atoms with Gasteiger partial charge in [-0.05, 0) is 18.2 Å². The van der Waals surface area contributed by atoms with Gasteiger partial charge in [0.1, 0.15) is 11.7 Å². The molecule has 0 fully saturated rings. The Morgan fingerprint density at radius 3 is 2.57 bits per heavy atom. The zero-order chi connectivity index (χ0) is 16.2. The summed E-state index contributed by atoms with van der Waals surface area (Å²) in [6.45, 7) is 0.0352. The first-order valence-corrected chi connectivity index (χ1v) is 5.75. The Labute approximate surface area is 117 Å². The van der Waals surface area contributed by atoms with Crippen molar-refractivity contribution >= 4 is 11.7 Å². The molecular formula is C12H13F4N3O2. The van der Waals surface area contributed by atoms with Crippen molar-refractivity contribution in [3.05, 3.63) is 35.1 Å². The molecule has 1 aromatic carbocycles. The van der Waals surface area contributed by atoms with Crippen molar-refractivity contribution in [3.63, 3.8) is 0 Å². The second-order valence-electron chi connectivity index (χ2n) is 4.26. The second kappa shape index (κ2) is 6.42. The lowest BCUT2D eigenvalue weighted by molar-refractivity contribution is -0.140. The van der Waals surface area contributed by atoms with Crippen molar-refractivity contribution < 1.29 is 27.6 Å². The molecule has 0 saturated heterocycles. The molecule has 1 rings (SSSR count). The molecule has 0 bridgehead atoms. The van der Waals surface area contributed by atoms with E-state index in [2.05, 4.69) is 5.16 Å². The van der Waals surface area contributed by atoms with Crippen LogP contribution in [-0.4, -0.2) is 35.4 Å². The lowest BCUT2D eigenvalue weighted by Crippen LogP contribution is -2.30. The number of nitrogens with zero attached hydrogens (tertiary/aromatic N) is 2. The van der Waals surface area contributed by atoms with Crippen LogP contribution in [0.2, 0.25) is 0 Å². The van der Waals surface area contributed by atoms with E-state index in [9.17, 15) is 22.4 Å². The van der Waals surface area contributed by atoms with Crippen molar-refractivity contribution in [1.29, 1.82) is 0 Å². The molecule has 0 unspecified atom stereocenters. The van der Waals surface area contributed by atoms with Crippen molar-refractivity contribution in [2.45, 2.75) is 12.6 Å². The normalized spacial score (nSPS) is 12.3. The van der Waals surface area contributed by atoms with E-state index in [1.54, 1.807) is 0 Å². The first-order chi connectivity index (χ1) is 9.66. The zero-order valence-electron chi connectivity index (χ0n) is 11.0. The van der Waals surface area contributed by atoms with E-state index >= 15 is 0 Å². The quantitative estimate of drug-likeness (QED) is 0.294. The molecule has 0 radical (unpaired) electrons. The summed E-state index contributed by atoms with van der Waals surface area (Å²) in [7, 11) is 1.34. The molecule has 1 amide bonds. The fourth-order valence-electron chi connectivity index (χ4n) is 1.53. The summed E-state index contributed by atoms with van der Waals surface area (Å²) in [4.78, 5) is 13.0. The topological polar surface area (TPSA) is 78.9 Å². The molecule has 1 aromatic rings. The van der Waals surface area contributed by atoms with Gasteiger partial charge in [-0.15, -0.1) is 0 Å². The van der Waals surface area contributed by atoms with Gasteiger partial charge in [-0.25, -0.2) is 4.39 Å². The molecule has 0 aromatic heterocycles. The average molecular weight is 307 g/mol. The summed E-state index contributed by atoms with van der Waals surface area (Å²) in [5, 5.41) is 11.1. The Kier molecular flexibility index (Phi) is 5.12. The molecule has 5 nitrogen and oxygen atoms in total. The van der Waals surface area contributed by atoms with Gasteiger partial charge in [0.05, 0.1) is 5.56 Å². The van der Waals surface area contributed by atoms with Crippen LogP contribution in [0.4, 0.5) is 17.6 Å². The number of alkyl halides is 3. The molecule has 116 valence electrons. The predicted octanol–water partition coefficient (Wildman–Crippen LogP) is 2.05. The summed E-state index contributed by atoms with van der Waals surface area (Å²) in [6.07, 6.45) is -4.83. The van der Waals surface area contributed by atoms with Gasteiger partial charge in [0, 0.05) is 25.6 Å². The van der Waals surface area contributed by atoms with Crippen LogP contribution in [0.1, 0.15) is 22.3 Å². The summed E-state index contributed by atoms with van der Waals surface area (Å²) in [5.41, 5.74) is 3.42. The molecule has 0 atom stereocenters. The minimum atomic E-state index is -4.88. The fourth-order valence-corrected chi connectivity index (χ4v) is 1.53. The molecule has 0 spiro atoms. The Hall–Kier alpha value is -2.32. The van der Waals surface area contributed by atoms with Gasteiger partial charge in [0.2, 0.25) is 0 Å². The molecule has 9 heteroatoms. The van der Waals surface area contributed by atoms with Crippen molar-refractivity contribution in [2.75, 3.05) is 13.6 Å². The van der Waals surface area contributed by atoms with E-state index in [0.717, 1.165) is 11.0 Å². The van der Waals surface area contributed by atoms with Gasteiger partial charge < -0.3 is 15.8 Å². The Morgan fingerprint density at radius 1 is 1.43 bits per heavy atom. The van der Waals surface area contributed by atoms with E-state index < -0.39 is 23.5 Å². The molecule has 0 aliphatic heterocycles. The minimum Gasteiger partial charge on any atom is -0.409 e. The largest absolute Gasteiger partial charge is 0.419 e. The maximum Gasteiger partial charge on any atom is 0.419 e. The highest BCUT2D eigenvalue weighted by molar-refractivity contribution is 5.94. The van der Waals surface area contributed by atoms with Crippen LogP contribution in [0.5, 0.6) is 0 Å². The highest BCUT2D eigenvalue weighted by Crippen LogP contribution is 2.32. The number of carbonyl (C=O) groups is 1. The lowest BCUT2D eigenvalue weighted by Gasteiger charge is -2.17. The summed E-state index contributed by atoms with van der Waals surface area (Å²) >= 11 is 0. The van der Waals surface area contributed by atoms with E-state index in [-0.39, 0.29) is 24.4 Å². The van der Waals surface area contributed by atoms with Gasteiger partial charge in [0.25, 0.3) is 5.91 Å². The molecular weight excluding hydrogens is 294 g/mol. The van der Waals surface area contributed by atoms with E-state index in [0.29, 0.717) is 12.1 Å². The maximum atomic E-state index is 13.1. The third kappa shape index (κ3) is 4.33. The SMILES string of the molecule is CN(CCC(N)=NO)C(=O)c1ccc(F)c(C(F)(F)F)c1. The van der Waals surface area contributed by atoms with Crippen molar-refractivity contribution in [1.82, 2.24) is 4.90 Å². The van der Waals surface area contributed by atoms with Gasteiger partial charge in [-0.1, -0.05) is 5.16 Å². The highest BCUT2D eigenvalue weighted by Gasteiger charge is 2.34. The van der Waals surface area contributed by atoms with Crippen LogP contribution >= 0.6 is 0 Å². The number of hydrogen-bond donors (Lipinski definition) is 2. The number of amidine groups is 1. The highest BCUT2D eigenvalue weighted by atomic mass is 19.4. The Bertz CT molecular complexity index is 558. The summed E-state index contributed by atoms with van der Waals surface area (Å²) in [5.74, 6) is -2.30. The number of hydrogen-bond acceptors (Lipinski definition) is 3. The van der Waals surface area contributed by atoms with Gasteiger partial charge in [0.15, 0.2) is 0 Å². The number of benzene rings is 1. The van der Waals surface area contributed by atoms with Crippen LogP contribution in [0, 0.1) is 5.82 Å². The monoisotopic (exact) mass is 307 g/mol. The van der Waals surface area contributed by atoms with E-state index in [4.69, 9.17) is 10.9 Å². The predicted molar refractivity (Wildman–Crippen MR) is 66.4 cm³/mol. The number of rotatable bonds is 4. The van der Waals surface area contributed by atoms with Gasteiger partial charge in [-0.2, -0.15) is 13.2 Å². The molecule has 0 saturated carbocycles. The molecule has 3 N–H and O–H groups in total. The maximum absolute atomic E-state index is 13.1. The zero-order valence-corrected chi connectivity index (χ0v) is 11.0. The van der Waals surface area contributed by atoms with Crippen LogP contribution in [0.15, 0.2) is 23.4 Å². The molecule has 0 aliphatic rings. The first kappa shape index (κ1) is 16.7. The van der Waals surface area contributed by atoms with Crippen LogP contribution in [0.25, 0.3) is 0 Å². The standard InChI is InChI=1S/C12H13F4N3O2/c1-19(5-4-10(17)18-21)11(20)7-2-3-9(13)8(6-7)12(14,15)16/h2-3,6,21H,4-5H2,1H3,(H2,17,18).